The van der Waals surface area contributed by atoms with E-state index in [0.29, 0.717) is 0 Å². The number of ether oxygens (including phenoxy) is 7. The molecule has 15 N–H and O–H groups in total. The Morgan fingerprint density at radius 2 is 1.37 bits per heavy atom. The largest absolute Gasteiger partial charge is 0.477 e. The molecule has 2 amide bonds. The standard InChI is InChI=1S/C31H52N2O26S/c1-8-17(40)20(43)21(44)28(53-8)57-25-16(33-10(3)37)27(46)54-14(7-52-60(49,50)51)23(25)56-29-22(45)26(19(42)13(6-35)55-29)59-31(30(47)48)4-11(38)15(32-9(2)36)24(58-31)18(41)12(39)5-34/h8,11-29,34-35,38-46H,4-7H2,1-3H3,(H,32,36)(H,33,37)(H,47,48)(H,49,50,51)/t8-,11+,12-,13-,14-,15-,16-,17+,18-,19+,20+,21-,22-,23-,24-,25-,26+,27-,28-,29+,31+/m1/s1. The molecule has 0 spiro atoms. The van der Waals surface area contributed by atoms with Crippen molar-refractivity contribution in [3.8, 4) is 0 Å². The molecule has 60 heavy (non-hydrogen) atoms. The van der Waals surface area contributed by atoms with Crippen molar-refractivity contribution in [3.05, 3.63) is 0 Å². The van der Waals surface area contributed by atoms with Gasteiger partial charge in [0.2, 0.25) is 11.8 Å². The highest BCUT2D eigenvalue weighted by molar-refractivity contribution is 7.80. The van der Waals surface area contributed by atoms with Crippen LogP contribution in [0.25, 0.3) is 0 Å². The number of aliphatic hydroxyl groups is 11. The van der Waals surface area contributed by atoms with E-state index >= 15 is 0 Å². The molecule has 4 saturated heterocycles. The highest BCUT2D eigenvalue weighted by Crippen LogP contribution is 2.39. The molecule has 0 radical (unpaired) electrons. The molecule has 0 aliphatic carbocycles. The third-order valence-corrected chi connectivity index (χ3v) is 10.6. The molecular formula is C31H52N2O26S. The maximum atomic E-state index is 12.9. The second-order valence-corrected chi connectivity index (χ2v) is 15.6. The van der Waals surface area contributed by atoms with Crippen LogP contribution in [0, 0.1) is 0 Å². The zero-order valence-corrected chi connectivity index (χ0v) is 32.7. The van der Waals surface area contributed by atoms with Crippen molar-refractivity contribution in [2.75, 3.05) is 19.8 Å². The van der Waals surface area contributed by atoms with Crippen LogP contribution in [0.4, 0.5) is 0 Å². The summed E-state index contributed by atoms with van der Waals surface area (Å²) in [6, 6.07) is -3.45. The number of aliphatic carboxylic acids is 1. The van der Waals surface area contributed by atoms with Gasteiger partial charge in [-0.25, -0.2) is 8.98 Å². The monoisotopic (exact) mass is 900 g/mol. The fraction of sp³-hybridized carbons (Fsp3) is 0.903. The summed E-state index contributed by atoms with van der Waals surface area (Å²) < 4.78 is 76.5. The number of hydrogen-bond donors (Lipinski definition) is 15. The van der Waals surface area contributed by atoms with Gasteiger partial charge >= 0.3 is 16.4 Å². The lowest BCUT2D eigenvalue weighted by Crippen LogP contribution is -2.71. The van der Waals surface area contributed by atoms with Gasteiger partial charge in [-0.1, -0.05) is 0 Å². The fourth-order valence-corrected chi connectivity index (χ4v) is 7.44. The van der Waals surface area contributed by atoms with Crippen LogP contribution in [0.2, 0.25) is 0 Å². The van der Waals surface area contributed by atoms with Crippen molar-refractivity contribution in [1.82, 2.24) is 10.6 Å². The Balaban J connectivity index is 1.77. The zero-order valence-electron chi connectivity index (χ0n) is 31.9. The van der Waals surface area contributed by atoms with Gasteiger partial charge < -0.3 is 105 Å². The predicted octanol–water partition coefficient (Wildman–Crippen LogP) is -9.40. The maximum absolute atomic E-state index is 12.9. The minimum Gasteiger partial charge on any atom is -0.477 e. The van der Waals surface area contributed by atoms with Gasteiger partial charge in [0, 0.05) is 20.3 Å². The fourth-order valence-electron chi connectivity index (χ4n) is 7.13. The molecule has 0 aromatic heterocycles. The van der Waals surface area contributed by atoms with E-state index in [1.807, 2.05) is 0 Å². The number of rotatable bonds is 16. The van der Waals surface area contributed by atoms with Crippen molar-refractivity contribution in [3.63, 3.8) is 0 Å². The van der Waals surface area contributed by atoms with Gasteiger partial charge in [-0.15, -0.1) is 0 Å². The lowest BCUT2D eigenvalue weighted by molar-refractivity contribution is -0.389. The average molecular weight is 901 g/mol. The van der Waals surface area contributed by atoms with Crippen LogP contribution in [0.5, 0.6) is 0 Å². The smallest absolute Gasteiger partial charge is 0.397 e. The Hall–Kier alpha value is -2.44. The van der Waals surface area contributed by atoms with Crippen LogP contribution >= 0.6 is 0 Å². The summed E-state index contributed by atoms with van der Waals surface area (Å²) in [6.07, 6.45) is -37.6. The number of carboxylic acid groups (broad SMARTS) is 1. The number of aliphatic hydroxyl groups excluding tert-OH is 11. The molecule has 29 heteroatoms. The van der Waals surface area contributed by atoms with E-state index in [-0.39, 0.29) is 0 Å². The average Bonchev–Trinajstić information content (AvgIpc) is 3.16. The first-order chi connectivity index (χ1) is 27.9. The SMILES string of the molecule is CC(=O)N[C@@H]1[C@@H](O[C@H]2O[C@H](C)[C@H](O)[C@H](O)[C@H]2O)[C@H](O[C@@H]2O[C@H](CO)[C@H](O)[C@H](O[C@]3(C(=O)O)C[C@H](O)[C@@H](NC(C)=O)[C@H]([C@H](O)[C@H](O)CO)O3)[C@H]2O)[C@@H](COS(=O)(=O)O)O[C@H]1O. The second kappa shape index (κ2) is 20.4. The molecule has 4 aliphatic heterocycles. The second-order valence-electron chi connectivity index (χ2n) is 14.6. The van der Waals surface area contributed by atoms with E-state index in [9.17, 15) is 88.6 Å². The summed E-state index contributed by atoms with van der Waals surface area (Å²) >= 11 is 0. The predicted molar refractivity (Wildman–Crippen MR) is 183 cm³/mol. The molecule has 4 rings (SSSR count). The molecule has 4 aliphatic rings. The van der Waals surface area contributed by atoms with Gasteiger partial charge in [0.15, 0.2) is 18.9 Å². The minimum absolute atomic E-state index is 0.821. The van der Waals surface area contributed by atoms with E-state index < -0.39 is 183 Å². The Morgan fingerprint density at radius 3 is 1.92 bits per heavy atom. The van der Waals surface area contributed by atoms with Crippen LogP contribution in [0.15, 0.2) is 0 Å². The lowest BCUT2D eigenvalue weighted by atomic mass is 9.88. The third-order valence-electron chi connectivity index (χ3n) is 10.1. The van der Waals surface area contributed by atoms with Crippen LogP contribution in [-0.2, 0) is 62.1 Å². The van der Waals surface area contributed by atoms with Crippen LogP contribution in [0.1, 0.15) is 27.2 Å². The number of carboxylic acids is 1. The molecule has 21 atom stereocenters. The molecule has 28 nitrogen and oxygen atoms in total. The first-order valence-corrected chi connectivity index (χ1v) is 19.6. The summed E-state index contributed by atoms with van der Waals surface area (Å²) in [5.41, 5.74) is 0. The number of carbonyl (C=O) groups is 3. The van der Waals surface area contributed by atoms with E-state index in [1.165, 1.54) is 6.92 Å². The molecular weight excluding hydrogens is 848 g/mol. The molecule has 0 bridgehead atoms. The lowest BCUT2D eigenvalue weighted by Gasteiger charge is -2.51. The first kappa shape index (κ1) is 50.2. The Morgan fingerprint density at radius 1 is 0.783 bits per heavy atom. The van der Waals surface area contributed by atoms with E-state index in [2.05, 4.69) is 14.8 Å². The van der Waals surface area contributed by atoms with E-state index in [1.54, 1.807) is 0 Å². The van der Waals surface area contributed by atoms with E-state index in [0.717, 1.165) is 13.8 Å². The van der Waals surface area contributed by atoms with Crippen molar-refractivity contribution >= 4 is 28.2 Å². The summed E-state index contributed by atoms with van der Waals surface area (Å²) in [7, 11) is -5.29. The van der Waals surface area contributed by atoms with Crippen molar-refractivity contribution in [2.45, 2.75) is 155 Å². The molecule has 0 aromatic carbocycles. The number of nitrogens with one attached hydrogen (secondary N) is 2. The zero-order chi connectivity index (χ0) is 45.2. The van der Waals surface area contributed by atoms with Gasteiger partial charge in [-0.3, -0.25) is 14.1 Å². The highest BCUT2D eigenvalue weighted by Gasteiger charge is 2.61. The molecule has 0 unspecified atom stereocenters. The van der Waals surface area contributed by atoms with Crippen LogP contribution in [0.3, 0.4) is 0 Å². The van der Waals surface area contributed by atoms with Gasteiger partial charge in [0.05, 0.1) is 38.1 Å². The maximum Gasteiger partial charge on any atom is 0.397 e. The van der Waals surface area contributed by atoms with Crippen molar-refractivity contribution in [1.29, 1.82) is 0 Å². The van der Waals surface area contributed by atoms with Gasteiger partial charge in [0.25, 0.3) is 5.79 Å². The summed E-state index contributed by atoms with van der Waals surface area (Å²) in [5.74, 6) is -6.98. The third kappa shape index (κ3) is 11.4. The van der Waals surface area contributed by atoms with Gasteiger partial charge in [-0.05, 0) is 6.92 Å². The van der Waals surface area contributed by atoms with Crippen molar-refractivity contribution in [2.24, 2.45) is 0 Å². The molecule has 348 valence electrons. The summed E-state index contributed by atoms with van der Waals surface area (Å²) in [6.45, 7) is -0.295. The number of hydrogen-bond acceptors (Lipinski definition) is 24. The minimum atomic E-state index is -5.29. The molecule has 4 heterocycles. The van der Waals surface area contributed by atoms with Crippen LogP contribution in [-0.4, -0.2) is 240 Å². The Kier molecular flexibility index (Phi) is 17.1. The van der Waals surface area contributed by atoms with Gasteiger partial charge in [-0.2, -0.15) is 8.42 Å². The van der Waals surface area contributed by atoms with Crippen molar-refractivity contribution < 1.29 is 126 Å². The highest BCUT2D eigenvalue weighted by atomic mass is 32.3. The Bertz CT molecular complexity index is 1580. The van der Waals surface area contributed by atoms with Gasteiger partial charge in [0.1, 0.15) is 85.4 Å². The number of carbonyl (C=O) groups excluding carboxylic acids is 2. The number of amides is 2. The topological polar surface area (TPSA) is 446 Å². The summed E-state index contributed by atoms with van der Waals surface area (Å²) in [4.78, 5) is 37.2. The first-order valence-electron chi connectivity index (χ1n) is 18.2. The summed E-state index contributed by atoms with van der Waals surface area (Å²) in [5, 5.41) is 132. The molecule has 4 fully saturated rings. The Labute approximate surface area is 340 Å². The normalized spacial score (nSPS) is 43.7. The molecule has 0 saturated carbocycles. The van der Waals surface area contributed by atoms with E-state index in [4.69, 9.17) is 33.2 Å². The quantitative estimate of drug-likeness (QED) is 0.0640. The molecule has 0 aromatic rings. The van der Waals surface area contributed by atoms with Crippen LogP contribution < -0.4 is 10.6 Å².